The van der Waals surface area contributed by atoms with Gasteiger partial charge in [-0.1, -0.05) is 385 Å². The molecule has 0 unspecified atom stereocenters. The molecule has 2 nitrogen and oxygen atoms in total. The normalized spacial score (nSPS) is 13.3. The number of aryl methyl sites for hydroxylation is 8. The minimum Gasteiger partial charge on any atom is -0.399 e. The summed E-state index contributed by atoms with van der Waals surface area (Å²) < 4.78 is 13.7. The molecule has 3 heteroatoms. The van der Waals surface area contributed by atoms with E-state index in [0.717, 1.165) is 51.4 Å². The molecule has 0 radical (unpaired) electrons. The Kier molecular flexibility index (Phi) is 35.1. The van der Waals surface area contributed by atoms with Crippen LogP contribution in [0.15, 0.2) is 176 Å². The Bertz CT molecular complexity index is 4190. The number of rotatable bonds is 49. The van der Waals surface area contributed by atoms with Crippen molar-refractivity contribution in [3.05, 3.63) is 220 Å². The molecular weight excluding hydrogens is 1340 g/mol. The average Bonchev–Trinajstić information content (AvgIpc) is 1.72. The molecule has 9 aromatic rings. The molecule has 0 amide bonds. The third kappa shape index (κ3) is 24.3. The van der Waals surface area contributed by atoms with Gasteiger partial charge in [-0.25, -0.2) is 0 Å². The first kappa shape index (κ1) is 86.4. The summed E-state index contributed by atoms with van der Waals surface area (Å²) in [6, 6.07) is 71.1. The molecule has 0 saturated carbocycles. The van der Waals surface area contributed by atoms with Gasteiger partial charge in [0.25, 0.3) is 0 Å². The predicted octanol–water partition coefficient (Wildman–Crippen LogP) is 32.3. The lowest BCUT2D eigenvalue weighted by Crippen LogP contribution is -2.41. The van der Waals surface area contributed by atoms with Gasteiger partial charge in [0.2, 0.25) is 0 Å². The molecule has 1 aliphatic rings. The Labute approximate surface area is 678 Å². The molecule has 0 atom stereocenters. The van der Waals surface area contributed by atoms with Gasteiger partial charge < -0.3 is 9.31 Å². The van der Waals surface area contributed by atoms with Crippen LogP contribution < -0.4 is 5.46 Å². The Morgan fingerprint density at radius 2 is 0.378 bits per heavy atom. The molecule has 1 heterocycles. The smallest absolute Gasteiger partial charge is 0.399 e. The fraction of sp³-hybridized carbons (Fsp3) is 0.500. The molecule has 0 N–H and O–H groups in total. The Morgan fingerprint density at radius 3 is 0.595 bits per heavy atom. The van der Waals surface area contributed by atoms with E-state index in [0.29, 0.717) is 0 Å². The fourth-order valence-corrected chi connectivity index (χ4v) is 17.4. The summed E-state index contributed by atoms with van der Waals surface area (Å²) in [5, 5.41) is 0. The van der Waals surface area contributed by atoms with Crippen molar-refractivity contribution < 1.29 is 9.31 Å². The molecule has 1 saturated heterocycles. The van der Waals surface area contributed by atoms with Crippen molar-refractivity contribution in [1.29, 1.82) is 0 Å². The lowest BCUT2D eigenvalue weighted by atomic mass is 9.72. The highest BCUT2D eigenvalue weighted by molar-refractivity contribution is 6.62. The summed E-state index contributed by atoms with van der Waals surface area (Å²) in [5.41, 5.74) is 34.1. The van der Waals surface area contributed by atoms with Gasteiger partial charge in [0.15, 0.2) is 0 Å². The largest absolute Gasteiger partial charge is 0.495 e. The second-order valence-electron chi connectivity index (χ2n) is 34.5. The fourth-order valence-electron chi connectivity index (χ4n) is 17.4. The monoisotopic (exact) mass is 1490 g/mol. The molecule has 592 valence electrons. The summed E-state index contributed by atoms with van der Waals surface area (Å²) in [7, 11) is -0.370. The van der Waals surface area contributed by atoms with Crippen LogP contribution in [-0.2, 0) is 60.7 Å². The van der Waals surface area contributed by atoms with Gasteiger partial charge in [-0.05, 0) is 269 Å². The van der Waals surface area contributed by atoms with Crippen LogP contribution in [0, 0.1) is 0 Å². The van der Waals surface area contributed by atoms with Gasteiger partial charge in [-0.15, -0.1) is 0 Å². The van der Waals surface area contributed by atoms with Gasteiger partial charge in [-0.2, -0.15) is 0 Å². The van der Waals surface area contributed by atoms with E-state index in [9.17, 15) is 0 Å². The molecule has 0 aliphatic carbocycles. The second-order valence-corrected chi connectivity index (χ2v) is 34.5. The summed E-state index contributed by atoms with van der Waals surface area (Å²) in [5.74, 6) is 0. The summed E-state index contributed by atoms with van der Waals surface area (Å²) in [6.45, 7) is 27.5. The minimum absolute atomic E-state index is 0.370. The molecule has 1 fully saturated rings. The zero-order chi connectivity index (χ0) is 78.2. The van der Waals surface area contributed by atoms with Gasteiger partial charge in [0.05, 0.1) is 11.2 Å². The van der Waals surface area contributed by atoms with E-state index in [2.05, 4.69) is 259 Å². The minimum atomic E-state index is -0.396. The third-order valence-electron chi connectivity index (χ3n) is 25.1. The molecule has 1 aliphatic heterocycles. The molecule has 9 aromatic carbocycles. The number of benzene rings is 9. The van der Waals surface area contributed by atoms with Crippen molar-refractivity contribution in [2.75, 3.05) is 0 Å². The van der Waals surface area contributed by atoms with E-state index < -0.39 is 11.2 Å². The average molecular weight is 1490 g/mol. The maximum absolute atomic E-state index is 6.87. The SMILES string of the molecule is CCCCCCc1cc(-c2ccc(-c3cc(CCCCCC)c(-c4ccc(-c5cc(CCCCCC)c(-c6ccc(-c7cc(CCCCCC)c(-c8ccc(-c9ccccc9)cc8)cc7CCCCCC)cc6)cc5CCCCCC)cc4)cc3CCCCCC)cc2)c(CCCCCC)cc1B1OC(C)(C)C(C)(C)O1. The van der Waals surface area contributed by atoms with E-state index in [-0.39, 0.29) is 7.12 Å². The van der Waals surface area contributed by atoms with Crippen LogP contribution in [0.2, 0.25) is 0 Å². The number of hydrogen-bond donors (Lipinski definition) is 0. The molecule has 0 aromatic heterocycles. The first-order valence-corrected chi connectivity index (χ1v) is 45.7. The van der Waals surface area contributed by atoms with Gasteiger partial charge >= 0.3 is 7.12 Å². The van der Waals surface area contributed by atoms with E-state index in [1.54, 1.807) is 0 Å². The summed E-state index contributed by atoms with van der Waals surface area (Å²) in [4.78, 5) is 0. The van der Waals surface area contributed by atoms with Crippen LogP contribution >= 0.6 is 0 Å². The van der Waals surface area contributed by atoms with Crippen molar-refractivity contribution in [2.24, 2.45) is 0 Å². The second kappa shape index (κ2) is 45.2. The highest BCUT2D eigenvalue weighted by Gasteiger charge is 2.52. The maximum atomic E-state index is 6.87. The molecule has 0 spiro atoms. The van der Waals surface area contributed by atoms with Crippen LogP contribution in [0.5, 0.6) is 0 Å². The van der Waals surface area contributed by atoms with Crippen LogP contribution in [0.25, 0.3) is 89.0 Å². The van der Waals surface area contributed by atoms with Gasteiger partial charge in [-0.3, -0.25) is 0 Å². The van der Waals surface area contributed by atoms with Crippen molar-refractivity contribution in [1.82, 2.24) is 0 Å². The predicted molar refractivity (Wildman–Crippen MR) is 488 cm³/mol. The lowest BCUT2D eigenvalue weighted by molar-refractivity contribution is 0.00578. The van der Waals surface area contributed by atoms with E-state index in [4.69, 9.17) is 9.31 Å². The maximum Gasteiger partial charge on any atom is 0.495 e. The van der Waals surface area contributed by atoms with Gasteiger partial charge in [0.1, 0.15) is 0 Å². The van der Waals surface area contributed by atoms with Crippen LogP contribution in [0.4, 0.5) is 0 Å². The van der Waals surface area contributed by atoms with E-state index in [1.807, 2.05) is 0 Å². The molecular formula is C108H145BO2. The first-order chi connectivity index (χ1) is 54.2. The topological polar surface area (TPSA) is 18.5 Å². The number of unbranched alkanes of at least 4 members (excludes halogenated alkanes) is 24. The van der Waals surface area contributed by atoms with Crippen LogP contribution in [0.1, 0.15) is 333 Å². The Hall–Kier alpha value is -7.04. The highest BCUT2D eigenvalue weighted by atomic mass is 16.7. The van der Waals surface area contributed by atoms with E-state index in [1.165, 1.54) is 344 Å². The van der Waals surface area contributed by atoms with Crippen LogP contribution in [-0.4, -0.2) is 18.3 Å². The standard InChI is InChI=1S/C108H145BO2/c1-13-21-29-38-50-91-75-100(92(51-39-30-22-14-2)74-99(91)84-60-58-83(59-61-84)82-48-46-37-47-49-82)85-62-64-86(65-63-85)101-76-94(53-41-32-24-16-4)102(77-93(101)52-40-31-23-15-3)87-66-68-88(69-67-87)103-78-96(55-43-34-26-18-6)104(79-95(103)54-42-33-25-17-5)89-70-72-90(73-71-89)105-80-98(57-45-36-28-20-8)106(81-97(105)56-44-35-27-19-7)109-110-107(9,10)108(11,12)111-109/h37,46-49,58-81H,13-36,38-45,50-57H2,1-12H3. The van der Waals surface area contributed by atoms with Crippen molar-refractivity contribution in [3.8, 4) is 89.0 Å². The van der Waals surface area contributed by atoms with Crippen molar-refractivity contribution >= 4 is 12.6 Å². The van der Waals surface area contributed by atoms with E-state index >= 15 is 0 Å². The van der Waals surface area contributed by atoms with Gasteiger partial charge in [0, 0.05) is 0 Å². The zero-order valence-electron chi connectivity index (χ0n) is 71.9. The quantitative estimate of drug-likeness (QED) is 0.0279. The van der Waals surface area contributed by atoms with Crippen LogP contribution in [0.3, 0.4) is 0 Å². The van der Waals surface area contributed by atoms with Crippen molar-refractivity contribution in [2.45, 2.75) is 351 Å². The zero-order valence-corrected chi connectivity index (χ0v) is 71.9. The summed E-state index contributed by atoms with van der Waals surface area (Å²) in [6.07, 6.45) is 48.4. The Balaban J connectivity index is 1.02. The molecule has 10 rings (SSSR count). The third-order valence-corrected chi connectivity index (χ3v) is 25.1. The highest BCUT2D eigenvalue weighted by Crippen LogP contribution is 2.43. The number of hydrogen-bond acceptors (Lipinski definition) is 2. The summed E-state index contributed by atoms with van der Waals surface area (Å²) >= 11 is 0. The molecule has 0 bridgehead atoms. The Morgan fingerprint density at radius 1 is 0.198 bits per heavy atom. The first-order valence-electron chi connectivity index (χ1n) is 45.7. The lowest BCUT2D eigenvalue weighted by Gasteiger charge is -2.32. The van der Waals surface area contributed by atoms with Crippen molar-refractivity contribution in [3.63, 3.8) is 0 Å². The molecule has 111 heavy (non-hydrogen) atoms.